The largest absolute Gasteiger partial charge is 0.508 e. The highest BCUT2D eigenvalue weighted by Crippen LogP contribution is 2.34. The van der Waals surface area contributed by atoms with Crippen molar-refractivity contribution in [3.63, 3.8) is 0 Å². The van der Waals surface area contributed by atoms with Crippen molar-refractivity contribution >= 4 is 46.2 Å². The van der Waals surface area contributed by atoms with Gasteiger partial charge in [0.25, 0.3) is 0 Å². The number of thiocarbonyl (C=S) groups is 2. The van der Waals surface area contributed by atoms with E-state index in [1.54, 1.807) is 65.6 Å². The van der Waals surface area contributed by atoms with Gasteiger partial charge < -0.3 is 31.1 Å². The van der Waals surface area contributed by atoms with Gasteiger partial charge in [-0.1, -0.05) is 84.9 Å². The third-order valence-electron chi connectivity index (χ3n) is 7.99. The number of benzene rings is 4. The Bertz CT molecular complexity index is 1910. The molecule has 238 valence electrons. The maximum absolute atomic E-state index is 13.1. The molecule has 4 aromatic carbocycles. The topological polar surface area (TPSA) is 114 Å². The first-order valence-corrected chi connectivity index (χ1v) is 15.7. The van der Waals surface area contributed by atoms with E-state index < -0.39 is 12.1 Å². The number of hydrogen-bond donors (Lipinski definition) is 5. The van der Waals surface area contributed by atoms with Crippen LogP contribution in [-0.2, 0) is 0 Å². The SMILES string of the molecule is CC1=C(C(=O)c2ccccc2)C(c2cccc(O)c2)NC(=S)N1.CC1=C(C(=O)c2ccccc2)C(c2cccc(O)c2)NC(=S)N1C. The van der Waals surface area contributed by atoms with Crippen molar-refractivity contribution in [1.29, 1.82) is 0 Å². The number of phenols is 2. The van der Waals surface area contributed by atoms with E-state index in [2.05, 4.69) is 16.0 Å². The third-order valence-corrected chi connectivity index (χ3v) is 8.60. The molecule has 0 bridgehead atoms. The summed E-state index contributed by atoms with van der Waals surface area (Å²) in [5, 5.41) is 29.9. The molecule has 0 saturated heterocycles. The molecular weight excluding hydrogens is 629 g/mol. The Morgan fingerprint density at radius 3 is 1.62 bits per heavy atom. The molecular formula is C37H34N4O4S2. The Balaban J connectivity index is 0.000000185. The third kappa shape index (κ3) is 7.40. The first-order chi connectivity index (χ1) is 22.5. The lowest BCUT2D eigenvalue weighted by Crippen LogP contribution is -2.45. The Hall–Kier alpha value is -5.32. The summed E-state index contributed by atoms with van der Waals surface area (Å²) in [5.41, 5.74) is 5.56. The van der Waals surface area contributed by atoms with Crippen molar-refractivity contribution < 1.29 is 19.8 Å². The summed E-state index contributed by atoms with van der Waals surface area (Å²) >= 11 is 10.6. The number of rotatable bonds is 6. The van der Waals surface area contributed by atoms with Gasteiger partial charge in [0.05, 0.1) is 12.1 Å². The molecule has 5 N–H and O–H groups in total. The summed E-state index contributed by atoms with van der Waals surface area (Å²) in [4.78, 5) is 27.8. The van der Waals surface area contributed by atoms with Crippen molar-refractivity contribution in [2.24, 2.45) is 0 Å². The molecule has 0 aromatic heterocycles. The zero-order valence-electron chi connectivity index (χ0n) is 26.0. The normalized spacial score (nSPS) is 17.6. The van der Waals surface area contributed by atoms with Crippen LogP contribution in [0.4, 0.5) is 0 Å². The fraction of sp³-hybridized carbons (Fsp3) is 0.135. The Morgan fingerprint density at radius 1 is 0.660 bits per heavy atom. The van der Waals surface area contributed by atoms with Crippen LogP contribution in [0.15, 0.2) is 132 Å². The summed E-state index contributed by atoms with van der Waals surface area (Å²) in [5.74, 6) is 0.184. The molecule has 2 unspecified atom stereocenters. The summed E-state index contributed by atoms with van der Waals surface area (Å²) in [6.45, 7) is 3.72. The van der Waals surface area contributed by atoms with Crippen LogP contribution in [-0.4, -0.2) is 44.0 Å². The number of hydrogen-bond acceptors (Lipinski definition) is 6. The van der Waals surface area contributed by atoms with Crippen LogP contribution >= 0.6 is 24.4 Å². The standard InChI is InChI=1S/C19H18N2O2S.C18H16N2O2S/c1-12-16(18(23)13-7-4-3-5-8-13)17(20-19(24)21(12)2)14-9-6-10-15(22)11-14;1-11-15(17(22)12-6-3-2-4-7-12)16(20-18(23)19-11)13-8-5-9-14(21)10-13/h3-11,17,22H,1-2H3,(H,20,24);2-10,16,21H,1H3,(H2,19,20,23). The number of ketones is 2. The molecule has 47 heavy (non-hydrogen) atoms. The minimum Gasteiger partial charge on any atom is -0.508 e. The van der Waals surface area contributed by atoms with Gasteiger partial charge in [0.2, 0.25) is 0 Å². The molecule has 0 saturated carbocycles. The fourth-order valence-corrected chi connectivity index (χ4v) is 6.05. The predicted octanol–water partition coefficient (Wildman–Crippen LogP) is 6.48. The van der Waals surface area contributed by atoms with E-state index >= 15 is 0 Å². The lowest BCUT2D eigenvalue weighted by molar-refractivity contribution is 0.101. The average Bonchev–Trinajstić information content (AvgIpc) is 3.07. The van der Waals surface area contributed by atoms with Crippen molar-refractivity contribution in [1.82, 2.24) is 20.9 Å². The summed E-state index contributed by atoms with van der Waals surface area (Å²) in [7, 11) is 1.83. The van der Waals surface area contributed by atoms with Gasteiger partial charge in [-0.25, -0.2) is 0 Å². The van der Waals surface area contributed by atoms with E-state index in [1.165, 1.54) is 0 Å². The van der Waals surface area contributed by atoms with E-state index in [-0.39, 0.29) is 23.1 Å². The zero-order valence-corrected chi connectivity index (χ0v) is 27.7. The molecule has 2 atom stereocenters. The molecule has 6 rings (SSSR count). The Morgan fingerprint density at radius 2 is 1.13 bits per heavy atom. The number of nitrogens with zero attached hydrogens (tertiary/aromatic N) is 1. The summed E-state index contributed by atoms with van der Waals surface area (Å²) < 4.78 is 0. The number of aromatic hydroxyl groups is 2. The highest BCUT2D eigenvalue weighted by atomic mass is 32.1. The number of carbonyl (C=O) groups excluding carboxylic acids is 2. The predicted molar refractivity (Wildman–Crippen MR) is 191 cm³/mol. The maximum Gasteiger partial charge on any atom is 0.193 e. The van der Waals surface area contributed by atoms with Crippen LogP contribution in [0, 0.1) is 0 Å². The molecule has 0 fully saturated rings. The van der Waals surface area contributed by atoms with E-state index in [0.29, 0.717) is 32.5 Å². The van der Waals surface area contributed by atoms with Crippen molar-refractivity contribution in [3.8, 4) is 11.5 Å². The summed E-state index contributed by atoms with van der Waals surface area (Å²) in [6, 6.07) is 31.2. The fourth-order valence-electron chi connectivity index (χ4n) is 5.52. The molecule has 2 aliphatic rings. The monoisotopic (exact) mass is 662 g/mol. The maximum atomic E-state index is 13.1. The quantitative estimate of drug-likeness (QED) is 0.116. The van der Waals surface area contributed by atoms with Gasteiger partial charge in [0, 0.05) is 40.7 Å². The molecule has 0 amide bonds. The minimum absolute atomic E-state index is 0.0525. The molecule has 0 radical (unpaired) electrons. The summed E-state index contributed by atoms with van der Waals surface area (Å²) in [6.07, 6.45) is 0. The van der Waals surface area contributed by atoms with Crippen LogP contribution in [0.5, 0.6) is 11.5 Å². The van der Waals surface area contributed by atoms with Crippen molar-refractivity contribution in [2.45, 2.75) is 25.9 Å². The van der Waals surface area contributed by atoms with Gasteiger partial charge in [-0.05, 0) is 73.7 Å². The van der Waals surface area contributed by atoms with E-state index in [0.717, 1.165) is 22.5 Å². The second kappa shape index (κ2) is 14.4. The molecule has 2 aliphatic heterocycles. The smallest absolute Gasteiger partial charge is 0.193 e. The Labute approximate surface area is 284 Å². The first-order valence-electron chi connectivity index (χ1n) is 14.9. The zero-order chi connectivity index (χ0) is 33.7. The molecule has 4 aromatic rings. The lowest BCUT2D eigenvalue weighted by Gasteiger charge is -2.36. The van der Waals surface area contributed by atoms with E-state index in [1.807, 2.05) is 69.4 Å². The van der Waals surface area contributed by atoms with Gasteiger partial charge in [-0.15, -0.1) is 0 Å². The van der Waals surface area contributed by atoms with Crippen molar-refractivity contribution in [3.05, 3.63) is 154 Å². The number of allylic oxidation sites excluding steroid dienone is 2. The van der Waals surface area contributed by atoms with Gasteiger partial charge in [0.15, 0.2) is 21.8 Å². The van der Waals surface area contributed by atoms with Crippen LogP contribution in [0.2, 0.25) is 0 Å². The van der Waals surface area contributed by atoms with E-state index in [4.69, 9.17) is 24.4 Å². The highest BCUT2D eigenvalue weighted by Gasteiger charge is 2.33. The molecule has 0 aliphatic carbocycles. The molecule has 10 heteroatoms. The van der Waals surface area contributed by atoms with Gasteiger partial charge in [-0.2, -0.15) is 0 Å². The van der Waals surface area contributed by atoms with Crippen molar-refractivity contribution in [2.75, 3.05) is 7.05 Å². The number of carbonyl (C=O) groups is 2. The minimum atomic E-state index is -0.399. The van der Waals surface area contributed by atoms with Crippen LogP contribution in [0.1, 0.15) is 57.8 Å². The molecule has 2 heterocycles. The average molecular weight is 663 g/mol. The second-order valence-corrected chi connectivity index (χ2v) is 11.9. The Kier molecular flexibility index (Phi) is 10.1. The number of nitrogens with one attached hydrogen (secondary N) is 3. The van der Waals surface area contributed by atoms with Crippen LogP contribution in [0.3, 0.4) is 0 Å². The first kappa shape index (κ1) is 33.1. The van der Waals surface area contributed by atoms with E-state index in [9.17, 15) is 19.8 Å². The van der Waals surface area contributed by atoms with Gasteiger partial charge >= 0.3 is 0 Å². The van der Waals surface area contributed by atoms with Crippen LogP contribution in [0.25, 0.3) is 0 Å². The van der Waals surface area contributed by atoms with Crippen LogP contribution < -0.4 is 16.0 Å². The number of Topliss-reactive ketones (excluding diaryl/α,β-unsaturated/α-hetero) is 2. The molecule has 8 nitrogen and oxygen atoms in total. The van der Waals surface area contributed by atoms with Gasteiger partial charge in [-0.3, -0.25) is 9.59 Å². The molecule has 0 spiro atoms. The highest BCUT2D eigenvalue weighted by molar-refractivity contribution is 7.80. The second-order valence-electron chi connectivity index (χ2n) is 11.1. The van der Waals surface area contributed by atoms with Gasteiger partial charge in [0.1, 0.15) is 11.5 Å². The number of phenolic OH excluding ortho intramolecular Hbond substituents is 2. The lowest BCUT2D eigenvalue weighted by atomic mass is 9.89.